The van der Waals surface area contributed by atoms with Crippen molar-refractivity contribution in [2.24, 2.45) is 4.99 Å². The number of nitrogens with zero attached hydrogens (tertiary/aromatic N) is 1. The molecule has 0 aromatic heterocycles. The summed E-state index contributed by atoms with van der Waals surface area (Å²) in [6.07, 6.45) is 5.86. The Hall–Kier alpha value is -1.65. The van der Waals surface area contributed by atoms with E-state index in [-0.39, 0.29) is 10.6 Å². The van der Waals surface area contributed by atoms with Crippen LogP contribution < -0.4 is 4.74 Å². The van der Waals surface area contributed by atoms with Gasteiger partial charge in [-0.3, -0.25) is 0 Å². The van der Waals surface area contributed by atoms with Gasteiger partial charge in [-0.1, -0.05) is 25.0 Å². The van der Waals surface area contributed by atoms with Crippen molar-refractivity contribution in [1.29, 1.82) is 0 Å². The van der Waals surface area contributed by atoms with Crippen molar-refractivity contribution in [2.45, 2.75) is 36.1 Å². The van der Waals surface area contributed by atoms with Crippen LogP contribution in [0.5, 0.6) is 5.75 Å². The number of sulfone groups is 1. The summed E-state index contributed by atoms with van der Waals surface area (Å²) in [7, 11) is -2.06. The zero-order chi connectivity index (χ0) is 14.8. The Morgan fingerprint density at radius 3 is 2.45 bits per heavy atom. The van der Waals surface area contributed by atoms with Crippen molar-refractivity contribution in [3.05, 3.63) is 23.8 Å². The molecule has 0 aliphatic heterocycles. The van der Waals surface area contributed by atoms with Crippen molar-refractivity contribution in [3.63, 3.8) is 0 Å². The molecule has 1 aromatic carbocycles. The van der Waals surface area contributed by atoms with Crippen LogP contribution in [0.25, 0.3) is 0 Å². The first-order valence-electron chi connectivity index (χ1n) is 6.41. The molecule has 0 atom stereocenters. The van der Waals surface area contributed by atoms with Crippen LogP contribution in [-0.4, -0.2) is 27.9 Å². The SMILES string of the molecule is COc1cccc(C2(N=C=O)CCCC2)c1S(C)(=O)=O. The fourth-order valence-electron chi connectivity index (χ4n) is 2.91. The third kappa shape index (κ3) is 2.49. The second kappa shape index (κ2) is 5.38. The lowest BCUT2D eigenvalue weighted by atomic mass is 9.88. The van der Waals surface area contributed by atoms with Gasteiger partial charge in [-0.05, 0) is 18.9 Å². The Morgan fingerprint density at radius 1 is 1.30 bits per heavy atom. The van der Waals surface area contributed by atoms with Gasteiger partial charge in [0.2, 0.25) is 6.08 Å². The van der Waals surface area contributed by atoms with Crippen LogP contribution in [0.3, 0.4) is 0 Å². The number of ether oxygens (including phenoxy) is 1. The highest BCUT2D eigenvalue weighted by Gasteiger charge is 2.40. The van der Waals surface area contributed by atoms with Gasteiger partial charge in [-0.15, -0.1) is 0 Å². The topological polar surface area (TPSA) is 72.8 Å². The Morgan fingerprint density at radius 2 is 1.95 bits per heavy atom. The molecule has 0 amide bonds. The summed E-state index contributed by atoms with van der Waals surface area (Å²) < 4.78 is 29.4. The van der Waals surface area contributed by atoms with Gasteiger partial charge in [-0.2, -0.15) is 4.99 Å². The normalized spacial score (nSPS) is 17.5. The molecule has 0 radical (unpaired) electrons. The predicted octanol–water partition coefficient (Wildman–Crippen LogP) is 2.20. The Bertz CT molecular complexity index is 654. The molecule has 0 heterocycles. The zero-order valence-electron chi connectivity index (χ0n) is 11.5. The monoisotopic (exact) mass is 295 g/mol. The average molecular weight is 295 g/mol. The van der Waals surface area contributed by atoms with E-state index in [2.05, 4.69) is 4.99 Å². The van der Waals surface area contributed by atoms with E-state index in [0.29, 0.717) is 18.4 Å². The van der Waals surface area contributed by atoms with Crippen LogP contribution in [-0.2, 0) is 20.2 Å². The van der Waals surface area contributed by atoms with E-state index < -0.39 is 15.4 Å². The molecule has 1 aliphatic carbocycles. The maximum atomic E-state index is 12.1. The van der Waals surface area contributed by atoms with E-state index in [0.717, 1.165) is 19.1 Å². The van der Waals surface area contributed by atoms with Crippen LogP contribution >= 0.6 is 0 Å². The predicted molar refractivity (Wildman–Crippen MR) is 74.4 cm³/mol. The van der Waals surface area contributed by atoms with E-state index in [9.17, 15) is 13.2 Å². The number of carbonyl (C=O) groups excluding carboxylic acids is 1. The average Bonchev–Trinajstić information content (AvgIpc) is 2.87. The van der Waals surface area contributed by atoms with Gasteiger partial charge in [0.1, 0.15) is 10.6 Å². The molecule has 0 spiro atoms. The van der Waals surface area contributed by atoms with Crippen molar-refractivity contribution in [1.82, 2.24) is 0 Å². The fourth-order valence-corrected chi connectivity index (χ4v) is 4.09. The number of isocyanates is 1. The van der Waals surface area contributed by atoms with Gasteiger partial charge in [-0.25, -0.2) is 13.2 Å². The minimum absolute atomic E-state index is 0.128. The quantitative estimate of drug-likeness (QED) is 0.630. The zero-order valence-corrected chi connectivity index (χ0v) is 12.4. The van der Waals surface area contributed by atoms with Crippen LogP contribution in [0.4, 0.5) is 0 Å². The molecule has 6 heteroatoms. The molecular weight excluding hydrogens is 278 g/mol. The smallest absolute Gasteiger partial charge is 0.235 e. The minimum atomic E-state index is -3.48. The lowest BCUT2D eigenvalue weighted by molar-refractivity contribution is 0.390. The Kier molecular flexibility index (Phi) is 3.97. The lowest BCUT2D eigenvalue weighted by Gasteiger charge is -2.26. The van der Waals surface area contributed by atoms with Gasteiger partial charge >= 0.3 is 0 Å². The standard InChI is InChI=1S/C14H17NO4S/c1-19-12-7-5-6-11(13(12)20(2,17)18)14(15-10-16)8-3-4-9-14/h5-7H,3-4,8-9H2,1-2H3. The Balaban J connectivity index is 2.77. The number of hydrogen-bond donors (Lipinski definition) is 0. The second-order valence-electron chi connectivity index (χ2n) is 5.05. The lowest BCUT2D eigenvalue weighted by Crippen LogP contribution is -2.22. The largest absolute Gasteiger partial charge is 0.495 e. The minimum Gasteiger partial charge on any atom is -0.495 e. The third-order valence-electron chi connectivity index (χ3n) is 3.76. The summed E-state index contributed by atoms with van der Waals surface area (Å²) in [6, 6.07) is 5.04. The molecule has 0 saturated heterocycles. The highest BCUT2D eigenvalue weighted by atomic mass is 32.2. The summed E-state index contributed by atoms with van der Waals surface area (Å²) in [5.41, 5.74) is -0.241. The van der Waals surface area contributed by atoms with Crippen molar-refractivity contribution < 1.29 is 17.9 Å². The van der Waals surface area contributed by atoms with Crippen LogP contribution in [0.2, 0.25) is 0 Å². The number of aliphatic imine (C=N–C) groups is 1. The van der Waals surface area contributed by atoms with E-state index in [1.165, 1.54) is 7.11 Å². The molecule has 0 N–H and O–H groups in total. The van der Waals surface area contributed by atoms with Crippen LogP contribution in [0.1, 0.15) is 31.2 Å². The van der Waals surface area contributed by atoms with Crippen molar-refractivity contribution in [3.8, 4) is 5.75 Å². The van der Waals surface area contributed by atoms with Crippen LogP contribution in [0.15, 0.2) is 28.1 Å². The molecule has 0 unspecified atom stereocenters. The molecule has 108 valence electrons. The molecule has 2 rings (SSSR count). The summed E-state index contributed by atoms with van der Waals surface area (Å²) in [6.45, 7) is 0. The van der Waals surface area contributed by atoms with E-state index in [4.69, 9.17) is 4.74 Å². The summed E-state index contributed by atoms with van der Waals surface area (Å²) in [5.74, 6) is 0.289. The number of methoxy groups -OCH3 is 1. The van der Waals surface area contributed by atoms with Crippen LogP contribution in [0, 0.1) is 0 Å². The molecular formula is C14H17NO4S. The molecule has 1 aromatic rings. The highest BCUT2D eigenvalue weighted by Crippen LogP contribution is 2.46. The molecule has 0 bridgehead atoms. The molecule has 1 aliphatic rings. The molecule has 1 fully saturated rings. The van der Waals surface area contributed by atoms with Gasteiger partial charge in [0.25, 0.3) is 0 Å². The Labute approximate surface area is 118 Å². The van der Waals surface area contributed by atoms with Gasteiger partial charge < -0.3 is 4.74 Å². The first kappa shape index (κ1) is 14.8. The number of rotatable bonds is 4. The van der Waals surface area contributed by atoms with E-state index in [1.807, 2.05) is 0 Å². The summed E-state index contributed by atoms with van der Waals surface area (Å²) in [4.78, 5) is 14.9. The summed E-state index contributed by atoms with van der Waals surface area (Å²) in [5, 5.41) is 0. The highest BCUT2D eigenvalue weighted by molar-refractivity contribution is 7.90. The fraction of sp³-hybridized carbons (Fsp3) is 0.500. The van der Waals surface area contributed by atoms with E-state index in [1.54, 1.807) is 24.3 Å². The second-order valence-corrected chi connectivity index (χ2v) is 7.00. The maximum Gasteiger partial charge on any atom is 0.235 e. The molecule has 1 saturated carbocycles. The first-order chi connectivity index (χ1) is 9.44. The van der Waals surface area contributed by atoms with Gasteiger partial charge in [0, 0.05) is 11.8 Å². The number of benzene rings is 1. The van der Waals surface area contributed by atoms with Gasteiger partial charge in [0.05, 0.1) is 12.6 Å². The summed E-state index contributed by atoms with van der Waals surface area (Å²) >= 11 is 0. The van der Waals surface area contributed by atoms with Crippen molar-refractivity contribution >= 4 is 15.9 Å². The third-order valence-corrected chi connectivity index (χ3v) is 4.92. The van der Waals surface area contributed by atoms with E-state index >= 15 is 0 Å². The first-order valence-corrected chi connectivity index (χ1v) is 8.30. The molecule has 20 heavy (non-hydrogen) atoms. The molecule has 5 nitrogen and oxygen atoms in total. The van der Waals surface area contributed by atoms with Crippen molar-refractivity contribution in [2.75, 3.05) is 13.4 Å². The maximum absolute atomic E-state index is 12.1. The number of hydrogen-bond acceptors (Lipinski definition) is 5. The van der Waals surface area contributed by atoms with Gasteiger partial charge in [0.15, 0.2) is 9.84 Å².